The van der Waals surface area contributed by atoms with Crippen LogP contribution in [-0.2, 0) is 27.0 Å². The highest BCUT2D eigenvalue weighted by atomic mass is 35.5. The van der Waals surface area contributed by atoms with Gasteiger partial charge in [-0.2, -0.15) is 13.2 Å². The van der Waals surface area contributed by atoms with Crippen molar-refractivity contribution in [3.8, 4) is 0 Å². The van der Waals surface area contributed by atoms with Crippen LogP contribution in [0.4, 0.5) is 13.2 Å². The van der Waals surface area contributed by atoms with E-state index in [1.807, 2.05) is 0 Å². The molecule has 0 radical (unpaired) electrons. The van der Waals surface area contributed by atoms with Gasteiger partial charge in [-0.15, -0.1) is 0 Å². The zero-order chi connectivity index (χ0) is 23.7. The number of alkyl halides is 3. The normalized spacial score (nSPS) is 15.0. The summed E-state index contributed by atoms with van der Waals surface area (Å²) in [6, 6.07) is 7.34. The molecule has 0 aliphatic carbocycles. The van der Waals surface area contributed by atoms with E-state index >= 15 is 0 Å². The van der Waals surface area contributed by atoms with Gasteiger partial charge < -0.3 is 15.5 Å². The molecule has 0 amide bonds. The maximum absolute atomic E-state index is 12.9. The predicted octanol–water partition coefficient (Wildman–Crippen LogP) is 4.41. The molecule has 2 aromatic rings. The zero-order valence-corrected chi connectivity index (χ0v) is 18.9. The van der Waals surface area contributed by atoms with E-state index in [-0.39, 0.29) is 9.92 Å². The highest BCUT2D eigenvalue weighted by Gasteiger charge is 2.32. The molecule has 0 aliphatic heterocycles. The SMILES string of the molecule is CC(N)(CCCc1ccc(S(=O)(=O)c2cccc(C(F)(F)F)c2)cc1Cl)CP(=O)(O)O. The van der Waals surface area contributed by atoms with Gasteiger partial charge in [0.05, 0.1) is 21.5 Å². The Morgan fingerprint density at radius 1 is 1.10 bits per heavy atom. The Morgan fingerprint density at radius 3 is 2.26 bits per heavy atom. The van der Waals surface area contributed by atoms with Gasteiger partial charge in [0.1, 0.15) is 0 Å². The van der Waals surface area contributed by atoms with Crippen molar-refractivity contribution in [1.29, 1.82) is 0 Å². The van der Waals surface area contributed by atoms with Crippen LogP contribution in [0.1, 0.15) is 30.9 Å². The first-order chi connectivity index (χ1) is 14.0. The standard InChI is InChI=1S/C19H22ClF3NO5PS/c1-18(24,12-30(25,26)27)9-3-4-13-7-8-16(11-17(13)20)31(28,29)15-6-2-5-14(10-15)19(21,22)23/h2,5-8,10-11H,3-4,9,12,24H2,1H3,(H2,25,26,27). The number of aryl methyl sites for hydroxylation is 1. The van der Waals surface area contributed by atoms with Crippen molar-refractivity contribution in [2.75, 3.05) is 6.16 Å². The Kier molecular flexibility index (Phi) is 7.68. The molecular formula is C19H22ClF3NO5PS. The van der Waals surface area contributed by atoms with E-state index in [2.05, 4.69) is 0 Å². The maximum Gasteiger partial charge on any atom is 0.416 e. The molecule has 0 aromatic heterocycles. The molecule has 0 fully saturated rings. The topological polar surface area (TPSA) is 118 Å². The lowest BCUT2D eigenvalue weighted by molar-refractivity contribution is -0.137. The van der Waals surface area contributed by atoms with E-state index in [1.165, 1.54) is 25.1 Å². The van der Waals surface area contributed by atoms with Crippen molar-refractivity contribution in [1.82, 2.24) is 0 Å². The number of halogens is 4. The predicted molar refractivity (Wildman–Crippen MR) is 111 cm³/mol. The van der Waals surface area contributed by atoms with Crippen molar-refractivity contribution >= 4 is 29.0 Å². The van der Waals surface area contributed by atoms with E-state index < -0.39 is 45.8 Å². The van der Waals surface area contributed by atoms with Gasteiger partial charge in [0.2, 0.25) is 9.84 Å². The van der Waals surface area contributed by atoms with Crippen molar-refractivity contribution in [2.45, 2.75) is 47.7 Å². The average Bonchev–Trinajstić information content (AvgIpc) is 2.60. The smallest absolute Gasteiger partial charge is 0.325 e. The van der Waals surface area contributed by atoms with Crippen LogP contribution >= 0.6 is 19.2 Å². The van der Waals surface area contributed by atoms with E-state index in [1.54, 1.807) is 0 Å². The summed E-state index contributed by atoms with van der Waals surface area (Å²) < 4.78 is 75.3. The Morgan fingerprint density at radius 2 is 1.71 bits per heavy atom. The number of rotatable bonds is 8. The van der Waals surface area contributed by atoms with E-state index in [0.29, 0.717) is 30.9 Å². The minimum atomic E-state index is -4.68. The largest absolute Gasteiger partial charge is 0.416 e. The summed E-state index contributed by atoms with van der Waals surface area (Å²) in [5.41, 5.74) is 4.33. The van der Waals surface area contributed by atoms with Gasteiger partial charge in [-0.3, -0.25) is 4.57 Å². The first-order valence-corrected chi connectivity index (χ1v) is 12.7. The lowest BCUT2D eigenvalue weighted by Gasteiger charge is -2.24. The van der Waals surface area contributed by atoms with Gasteiger partial charge in [-0.05, 0) is 62.1 Å². The molecule has 0 bridgehead atoms. The molecule has 0 saturated carbocycles. The van der Waals surface area contributed by atoms with E-state index in [4.69, 9.17) is 27.1 Å². The number of hydrogen-bond donors (Lipinski definition) is 3. The van der Waals surface area contributed by atoms with Crippen molar-refractivity contribution in [3.05, 3.63) is 58.6 Å². The van der Waals surface area contributed by atoms with Crippen LogP contribution < -0.4 is 5.73 Å². The molecule has 12 heteroatoms. The molecule has 172 valence electrons. The first kappa shape index (κ1) is 25.8. The fourth-order valence-electron chi connectivity index (χ4n) is 3.11. The van der Waals surface area contributed by atoms with Crippen molar-refractivity contribution < 1.29 is 35.9 Å². The minimum absolute atomic E-state index is 0.113. The van der Waals surface area contributed by atoms with Gasteiger partial charge >= 0.3 is 13.8 Å². The summed E-state index contributed by atoms with van der Waals surface area (Å²) in [4.78, 5) is 17.4. The monoisotopic (exact) mass is 499 g/mol. The Labute approximate surface area is 183 Å². The second-order valence-corrected chi connectivity index (χ2v) is 11.6. The first-order valence-electron chi connectivity index (χ1n) is 9.06. The van der Waals surface area contributed by atoms with Crippen LogP contribution in [0, 0.1) is 0 Å². The summed E-state index contributed by atoms with van der Waals surface area (Å²) in [5, 5.41) is 0.113. The molecule has 2 aromatic carbocycles. The number of benzene rings is 2. The van der Waals surface area contributed by atoms with Gasteiger partial charge in [0, 0.05) is 10.6 Å². The Bertz CT molecular complexity index is 1100. The third-order valence-electron chi connectivity index (χ3n) is 4.57. The van der Waals surface area contributed by atoms with Gasteiger partial charge in [0.25, 0.3) is 0 Å². The molecule has 0 spiro atoms. The van der Waals surface area contributed by atoms with Crippen LogP contribution in [0.15, 0.2) is 52.3 Å². The summed E-state index contributed by atoms with van der Waals surface area (Å²) in [5.74, 6) is 0. The summed E-state index contributed by atoms with van der Waals surface area (Å²) in [6.07, 6.45) is -4.05. The molecular weight excluding hydrogens is 478 g/mol. The minimum Gasteiger partial charge on any atom is -0.325 e. The third-order valence-corrected chi connectivity index (χ3v) is 7.80. The summed E-state index contributed by atoms with van der Waals surface area (Å²) >= 11 is 6.18. The third kappa shape index (κ3) is 7.30. The Hall–Kier alpha value is -1.42. The van der Waals surface area contributed by atoms with Crippen LogP contribution in [0.5, 0.6) is 0 Å². The van der Waals surface area contributed by atoms with E-state index in [0.717, 1.165) is 18.2 Å². The molecule has 4 N–H and O–H groups in total. The number of nitrogens with two attached hydrogens (primary N) is 1. The summed E-state index contributed by atoms with van der Waals surface area (Å²) in [6.45, 7) is 1.53. The summed E-state index contributed by atoms with van der Waals surface area (Å²) in [7, 11) is -8.48. The molecule has 6 nitrogen and oxygen atoms in total. The molecule has 2 rings (SSSR count). The van der Waals surface area contributed by atoms with Gasteiger partial charge in [-0.1, -0.05) is 23.7 Å². The second-order valence-electron chi connectivity index (χ2n) is 7.61. The molecule has 1 atom stereocenters. The van der Waals surface area contributed by atoms with Crippen LogP contribution in [0.3, 0.4) is 0 Å². The molecule has 0 saturated heterocycles. The number of sulfone groups is 1. The van der Waals surface area contributed by atoms with Gasteiger partial charge in [-0.25, -0.2) is 8.42 Å². The lowest BCUT2D eigenvalue weighted by atomic mass is 9.96. The zero-order valence-electron chi connectivity index (χ0n) is 16.4. The maximum atomic E-state index is 12.9. The van der Waals surface area contributed by atoms with Crippen LogP contribution in [0.2, 0.25) is 5.02 Å². The fraction of sp³-hybridized carbons (Fsp3) is 0.368. The van der Waals surface area contributed by atoms with E-state index in [9.17, 15) is 26.2 Å². The molecule has 0 heterocycles. The van der Waals surface area contributed by atoms with Gasteiger partial charge in [0.15, 0.2) is 0 Å². The highest BCUT2D eigenvalue weighted by molar-refractivity contribution is 7.91. The lowest BCUT2D eigenvalue weighted by Crippen LogP contribution is -2.40. The average molecular weight is 500 g/mol. The van der Waals surface area contributed by atoms with Crippen molar-refractivity contribution in [2.24, 2.45) is 5.73 Å². The van der Waals surface area contributed by atoms with Crippen molar-refractivity contribution in [3.63, 3.8) is 0 Å². The highest BCUT2D eigenvalue weighted by Crippen LogP contribution is 2.39. The fourth-order valence-corrected chi connectivity index (χ4v) is 5.88. The molecule has 0 aliphatic rings. The van der Waals surface area contributed by atoms with Crippen LogP contribution in [0.25, 0.3) is 0 Å². The molecule has 1 unspecified atom stereocenters. The molecule has 31 heavy (non-hydrogen) atoms. The second kappa shape index (κ2) is 9.21. The number of hydrogen-bond acceptors (Lipinski definition) is 4. The quantitative estimate of drug-likeness (QED) is 0.463. The van der Waals surface area contributed by atoms with Crippen LogP contribution in [-0.4, -0.2) is 29.9 Å². The Balaban J connectivity index is 2.18.